The molecule has 0 aliphatic carbocycles. The molecule has 0 fully saturated rings. The molecule has 6 nitrogen and oxygen atoms in total. The topological polar surface area (TPSA) is 84.3 Å². The molecule has 2 rings (SSSR count). The molecule has 2 aromatic carbocycles. The van der Waals surface area contributed by atoms with E-state index in [9.17, 15) is 19.3 Å². The van der Waals surface area contributed by atoms with E-state index < -0.39 is 10.7 Å². The van der Waals surface area contributed by atoms with Crippen LogP contribution in [0, 0.1) is 22.9 Å². The van der Waals surface area contributed by atoms with Crippen LogP contribution in [0.2, 0.25) is 0 Å². The van der Waals surface area contributed by atoms with Crippen molar-refractivity contribution < 1.29 is 14.1 Å². The fourth-order valence-electron chi connectivity index (χ4n) is 1.92. The fourth-order valence-corrected chi connectivity index (χ4v) is 1.92. The Hall–Kier alpha value is -2.96. The third-order valence-electron chi connectivity index (χ3n) is 3.25. The molecule has 0 heterocycles. The van der Waals surface area contributed by atoms with Crippen molar-refractivity contribution in [3.05, 3.63) is 69.5 Å². The number of nitrogens with zero attached hydrogens (tertiary/aromatic N) is 1. The Labute approximate surface area is 132 Å². The molecule has 0 radical (unpaired) electrons. The minimum atomic E-state index is -0.468. The summed E-state index contributed by atoms with van der Waals surface area (Å²) in [4.78, 5) is 21.9. The normalized spacial score (nSPS) is 10.2. The molecule has 0 saturated carbocycles. The lowest BCUT2D eigenvalue weighted by atomic mass is 10.1. The third-order valence-corrected chi connectivity index (χ3v) is 3.25. The van der Waals surface area contributed by atoms with Crippen LogP contribution in [0.25, 0.3) is 0 Å². The van der Waals surface area contributed by atoms with Crippen LogP contribution in [0.1, 0.15) is 15.9 Å². The van der Waals surface area contributed by atoms with Gasteiger partial charge in [0.15, 0.2) is 0 Å². The lowest BCUT2D eigenvalue weighted by Gasteiger charge is -2.08. The van der Waals surface area contributed by atoms with E-state index in [0.717, 1.165) is 0 Å². The van der Waals surface area contributed by atoms with Gasteiger partial charge in [0.05, 0.1) is 4.92 Å². The zero-order valence-electron chi connectivity index (χ0n) is 12.5. The van der Waals surface area contributed by atoms with Gasteiger partial charge in [-0.05, 0) is 36.8 Å². The molecular weight excluding hydrogens is 301 g/mol. The first-order chi connectivity index (χ1) is 11.0. The van der Waals surface area contributed by atoms with Gasteiger partial charge < -0.3 is 10.6 Å². The second-order valence-corrected chi connectivity index (χ2v) is 4.95. The van der Waals surface area contributed by atoms with Crippen molar-refractivity contribution in [2.45, 2.75) is 6.92 Å². The smallest absolute Gasteiger partial charge is 0.269 e. The van der Waals surface area contributed by atoms with Gasteiger partial charge in [0.2, 0.25) is 0 Å². The van der Waals surface area contributed by atoms with Crippen molar-refractivity contribution in [2.75, 3.05) is 18.4 Å². The summed E-state index contributed by atoms with van der Waals surface area (Å²) in [5.74, 6) is -0.768. The van der Waals surface area contributed by atoms with Crippen molar-refractivity contribution in [2.24, 2.45) is 0 Å². The maximum Gasteiger partial charge on any atom is 0.269 e. The highest BCUT2D eigenvalue weighted by atomic mass is 19.1. The van der Waals surface area contributed by atoms with Crippen LogP contribution in [0.3, 0.4) is 0 Å². The van der Waals surface area contributed by atoms with Crippen LogP contribution in [0.5, 0.6) is 0 Å². The predicted molar refractivity (Wildman–Crippen MR) is 85.1 cm³/mol. The molecule has 0 saturated heterocycles. The number of anilines is 1. The minimum Gasteiger partial charge on any atom is -0.383 e. The summed E-state index contributed by atoms with van der Waals surface area (Å²) < 4.78 is 13.4. The van der Waals surface area contributed by atoms with Crippen LogP contribution in [0.4, 0.5) is 15.8 Å². The molecule has 0 bridgehead atoms. The van der Waals surface area contributed by atoms with Crippen molar-refractivity contribution in [1.29, 1.82) is 0 Å². The number of halogens is 1. The van der Waals surface area contributed by atoms with Crippen molar-refractivity contribution in [3.8, 4) is 0 Å². The third kappa shape index (κ3) is 4.50. The zero-order chi connectivity index (χ0) is 16.8. The fraction of sp³-hybridized carbons (Fsp3) is 0.188. The van der Waals surface area contributed by atoms with E-state index in [2.05, 4.69) is 10.6 Å². The molecule has 2 aromatic rings. The van der Waals surface area contributed by atoms with E-state index in [4.69, 9.17) is 0 Å². The summed E-state index contributed by atoms with van der Waals surface area (Å²) in [6.45, 7) is 2.41. The highest BCUT2D eigenvalue weighted by Crippen LogP contribution is 2.15. The number of benzene rings is 2. The van der Waals surface area contributed by atoms with Gasteiger partial charge in [0, 0.05) is 36.5 Å². The van der Waals surface area contributed by atoms with Gasteiger partial charge in [-0.1, -0.05) is 6.07 Å². The molecule has 0 spiro atoms. The summed E-state index contributed by atoms with van der Waals surface area (Å²) in [6.07, 6.45) is 0. The van der Waals surface area contributed by atoms with Gasteiger partial charge in [-0.2, -0.15) is 0 Å². The Morgan fingerprint density at radius 3 is 2.48 bits per heavy atom. The second kappa shape index (κ2) is 7.35. The quantitative estimate of drug-likeness (QED) is 0.487. The number of hydrogen-bond acceptors (Lipinski definition) is 4. The summed E-state index contributed by atoms with van der Waals surface area (Å²) in [7, 11) is 0. The average Bonchev–Trinajstić information content (AvgIpc) is 2.54. The summed E-state index contributed by atoms with van der Waals surface area (Å²) in [5, 5.41) is 16.2. The number of aryl methyl sites for hydroxylation is 1. The lowest BCUT2D eigenvalue weighted by molar-refractivity contribution is -0.384. The number of carbonyl (C=O) groups is 1. The number of rotatable bonds is 6. The molecule has 0 atom stereocenters. The minimum absolute atomic E-state index is 0.0188. The second-order valence-electron chi connectivity index (χ2n) is 4.95. The van der Waals surface area contributed by atoms with Gasteiger partial charge in [0.1, 0.15) is 5.82 Å². The summed E-state index contributed by atoms with van der Waals surface area (Å²) in [5.41, 5.74) is 1.49. The Bertz CT molecular complexity index is 717. The summed E-state index contributed by atoms with van der Waals surface area (Å²) in [6, 6.07) is 10.3. The number of non-ortho nitro benzene ring substituents is 1. The van der Waals surface area contributed by atoms with Gasteiger partial charge in [-0.15, -0.1) is 0 Å². The first-order valence-corrected chi connectivity index (χ1v) is 7.00. The first-order valence-electron chi connectivity index (χ1n) is 7.00. The Balaban J connectivity index is 1.79. The molecule has 0 unspecified atom stereocenters. The molecule has 23 heavy (non-hydrogen) atoms. The van der Waals surface area contributed by atoms with E-state index in [1.165, 1.54) is 18.2 Å². The molecule has 7 heteroatoms. The van der Waals surface area contributed by atoms with E-state index in [1.54, 1.807) is 31.2 Å². The van der Waals surface area contributed by atoms with Crippen LogP contribution in [-0.4, -0.2) is 23.9 Å². The van der Waals surface area contributed by atoms with Crippen LogP contribution in [-0.2, 0) is 0 Å². The molecule has 0 aromatic heterocycles. The maximum atomic E-state index is 13.4. The largest absolute Gasteiger partial charge is 0.383 e. The van der Waals surface area contributed by atoms with E-state index in [-0.39, 0.29) is 17.2 Å². The Morgan fingerprint density at radius 2 is 1.87 bits per heavy atom. The van der Waals surface area contributed by atoms with Gasteiger partial charge in [-0.25, -0.2) is 4.39 Å². The summed E-state index contributed by atoms with van der Waals surface area (Å²) >= 11 is 0. The van der Waals surface area contributed by atoms with Crippen LogP contribution < -0.4 is 10.6 Å². The van der Waals surface area contributed by atoms with E-state index in [0.29, 0.717) is 24.3 Å². The molecule has 0 aliphatic rings. The number of nitrogens with one attached hydrogen (secondary N) is 2. The average molecular weight is 317 g/mol. The Kier molecular flexibility index (Phi) is 5.24. The van der Waals surface area contributed by atoms with Gasteiger partial charge in [0.25, 0.3) is 11.6 Å². The number of hydrogen-bond donors (Lipinski definition) is 2. The lowest BCUT2D eigenvalue weighted by Crippen LogP contribution is -2.28. The first kappa shape index (κ1) is 16.4. The molecule has 2 N–H and O–H groups in total. The van der Waals surface area contributed by atoms with Gasteiger partial charge in [-0.3, -0.25) is 14.9 Å². The molecule has 0 aliphatic heterocycles. The van der Waals surface area contributed by atoms with Crippen molar-refractivity contribution in [1.82, 2.24) is 5.32 Å². The zero-order valence-corrected chi connectivity index (χ0v) is 12.5. The maximum absolute atomic E-state index is 13.4. The molecular formula is C16H16FN3O3. The van der Waals surface area contributed by atoms with Crippen LogP contribution >= 0.6 is 0 Å². The van der Waals surface area contributed by atoms with Crippen molar-refractivity contribution in [3.63, 3.8) is 0 Å². The Morgan fingerprint density at radius 1 is 1.17 bits per heavy atom. The monoisotopic (exact) mass is 317 g/mol. The molecule has 120 valence electrons. The SMILES string of the molecule is Cc1ccc(C(=O)NCCNc2ccc([N+](=O)[O-])cc2)cc1F. The van der Waals surface area contributed by atoms with E-state index >= 15 is 0 Å². The highest BCUT2D eigenvalue weighted by Gasteiger charge is 2.07. The predicted octanol–water partition coefficient (Wildman–Crippen LogP) is 2.88. The number of nitro benzene ring substituents is 1. The van der Waals surface area contributed by atoms with Crippen molar-refractivity contribution >= 4 is 17.3 Å². The number of amides is 1. The highest BCUT2D eigenvalue weighted by molar-refractivity contribution is 5.94. The van der Waals surface area contributed by atoms with E-state index in [1.807, 2.05) is 0 Å². The number of carbonyl (C=O) groups excluding carboxylic acids is 1. The standard InChI is InChI=1S/C16H16FN3O3/c1-11-2-3-12(10-15(11)17)16(21)19-9-8-18-13-4-6-14(7-5-13)20(22)23/h2-7,10,18H,8-9H2,1H3,(H,19,21). The van der Waals surface area contributed by atoms with Gasteiger partial charge >= 0.3 is 0 Å². The number of nitro groups is 1. The molecule has 1 amide bonds. The van der Waals surface area contributed by atoms with Crippen LogP contribution in [0.15, 0.2) is 42.5 Å².